The van der Waals surface area contributed by atoms with Crippen molar-refractivity contribution >= 4 is 38.9 Å². The summed E-state index contributed by atoms with van der Waals surface area (Å²) in [5.74, 6) is 0. The molecule has 240 valence electrons. The van der Waals surface area contributed by atoms with Gasteiger partial charge in [-0.1, -0.05) is 119 Å². The van der Waals surface area contributed by atoms with Crippen LogP contribution in [0.1, 0.15) is 49.9 Å². The zero-order valence-electron chi connectivity index (χ0n) is 28.8. The number of benzene rings is 6. The van der Waals surface area contributed by atoms with Gasteiger partial charge >= 0.3 is 0 Å². The van der Waals surface area contributed by atoms with E-state index in [0.717, 1.165) is 22.6 Å². The predicted octanol–water partition coefficient (Wildman–Crippen LogP) is 12.3. The second-order valence-electron chi connectivity index (χ2n) is 14.9. The molecule has 50 heavy (non-hydrogen) atoms. The Bertz CT molecular complexity index is 2640. The number of pyridine rings is 1. The molecule has 10 rings (SSSR count). The molecule has 0 bridgehead atoms. The highest BCUT2D eigenvalue weighted by Gasteiger charge is 2.38. The molecule has 0 N–H and O–H groups in total. The first kappa shape index (κ1) is 29.0. The summed E-state index contributed by atoms with van der Waals surface area (Å²) in [5, 5.41) is 2.47. The number of fused-ring (bicyclic) bond motifs is 8. The number of para-hydroxylation sites is 1. The highest BCUT2D eigenvalue weighted by atomic mass is 15.1. The van der Waals surface area contributed by atoms with Crippen LogP contribution in [-0.4, -0.2) is 9.55 Å². The van der Waals surface area contributed by atoms with Crippen LogP contribution in [0.15, 0.2) is 152 Å². The van der Waals surface area contributed by atoms with Crippen molar-refractivity contribution in [3.8, 4) is 27.9 Å². The smallest absolute Gasteiger partial charge is 0.0724 e. The van der Waals surface area contributed by atoms with Gasteiger partial charge in [0.2, 0.25) is 0 Å². The van der Waals surface area contributed by atoms with Gasteiger partial charge in [-0.25, -0.2) is 0 Å². The molecule has 2 aliphatic rings. The quantitative estimate of drug-likeness (QED) is 0.190. The Morgan fingerprint density at radius 1 is 0.500 bits per heavy atom. The lowest BCUT2D eigenvalue weighted by atomic mass is 9.74. The zero-order valence-corrected chi connectivity index (χ0v) is 28.8. The Labute approximate surface area is 293 Å². The van der Waals surface area contributed by atoms with Crippen LogP contribution in [0, 0.1) is 0 Å². The van der Waals surface area contributed by atoms with E-state index in [0.29, 0.717) is 0 Å². The molecule has 1 aliphatic heterocycles. The van der Waals surface area contributed by atoms with Gasteiger partial charge in [-0.3, -0.25) is 4.98 Å². The average molecular weight is 644 g/mol. The molecule has 3 heteroatoms. The molecule has 0 spiro atoms. The SMILES string of the molecule is CC1(C)c2ccccc2-c2ccc(N(c3ccc(-c4ccccc4)cc3)c3cc4c5c(c3)c3ccncc3n5-c3ccccc3C4(C)C)cc21. The maximum absolute atomic E-state index is 4.60. The molecule has 0 unspecified atom stereocenters. The minimum absolute atomic E-state index is 0.104. The zero-order chi connectivity index (χ0) is 33.8. The lowest BCUT2D eigenvalue weighted by Crippen LogP contribution is -2.26. The number of hydrogen-bond acceptors (Lipinski definition) is 2. The molecule has 6 aromatic carbocycles. The van der Waals surface area contributed by atoms with Crippen molar-refractivity contribution in [2.24, 2.45) is 0 Å². The van der Waals surface area contributed by atoms with E-state index in [1.54, 1.807) is 0 Å². The van der Waals surface area contributed by atoms with Crippen LogP contribution in [0.2, 0.25) is 0 Å². The van der Waals surface area contributed by atoms with Crippen molar-refractivity contribution in [1.82, 2.24) is 9.55 Å². The fourth-order valence-electron chi connectivity index (χ4n) is 8.89. The highest BCUT2D eigenvalue weighted by molar-refractivity contribution is 6.13. The van der Waals surface area contributed by atoms with Crippen molar-refractivity contribution in [1.29, 1.82) is 0 Å². The summed E-state index contributed by atoms with van der Waals surface area (Å²) in [4.78, 5) is 7.06. The maximum atomic E-state index is 4.60. The molecule has 0 fully saturated rings. The van der Waals surface area contributed by atoms with Crippen molar-refractivity contribution in [3.63, 3.8) is 0 Å². The average Bonchev–Trinajstić information content (AvgIpc) is 3.60. The molecule has 3 heterocycles. The van der Waals surface area contributed by atoms with Crippen molar-refractivity contribution < 1.29 is 0 Å². The van der Waals surface area contributed by atoms with Crippen LogP contribution in [-0.2, 0) is 10.8 Å². The van der Waals surface area contributed by atoms with Crippen LogP contribution < -0.4 is 4.90 Å². The van der Waals surface area contributed by atoms with Crippen LogP contribution in [0.3, 0.4) is 0 Å². The molecule has 0 radical (unpaired) electrons. The first-order chi connectivity index (χ1) is 24.3. The number of aromatic nitrogens is 2. The minimum atomic E-state index is -0.215. The Morgan fingerprint density at radius 3 is 1.96 bits per heavy atom. The summed E-state index contributed by atoms with van der Waals surface area (Å²) >= 11 is 0. The van der Waals surface area contributed by atoms with E-state index in [9.17, 15) is 0 Å². The minimum Gasteiger partial charge on any atom is -0.310 e. The summed E-state index contributed by atoms with van der Waals surface area (Å²) in [7, 11) is 0. The summed E-state index contributed by atoms with van der Waals surface area (Å²) < 4.78 is 2.44. The number of nitrogens with zero attached hydrogens (tertiary/aromatic N) is 3. The lowest BCUT2D eigenvalue weighted by molar-refractivity contribution is 0.630. The predicted molar refractivity (Wildman–Crippen MR) is 208 cm³/mol. The molecular weight excluding hydrogens is 607 g/mol. The van der Waals surface area contributed by atoms with Crippen LogP contribution >= 0.6 is 0 Å². The molecule has 2 aromatic heterocycles. The van der Waals surface area contributed by atoms with Crippen LogP contribution in [0.4, 0.5) is 17.1 Å². The highest BCUT2D eigenvalue weighted by Crippen LogP contribution is 2.53. The molecular formula is C47H37N3. The van der Waals surface area contributed by atoms with E-state index < -0.39 is 0 Å². The van der Waals surface area contributed by atoms with E-state index in [2.05, 4.69) is 182 Å². The second-order valence-corrected chi connectivity index (χ2v) is 14.9. The van der Waals surface area contributed by atoms with Gasteiger partial charge in [0.1, 0.15) is 0 Å². The van der Waals surface area contributed by atoms with Crippen molar-refractivity contribution in [2.75, 3.05) is 4.90 Å². The van der Waals surface area contributed by atoms with E-state index in [4.69, 9.17) is 0 Å². The standard InChI is InChI=1S/C47H37N3/c1-46(2)39-15-9-8-14-35(39)36-23-22-33(27-41(36)46)49(32-20-18-31(19-21-32)30-12-6-5-7-13-30)34-26-38-37-24-25-48-29-44(37)50-43-17-11-10-16-40(43)47(3,4)42(28-34)45(38)50/h5-29H,1-4H3. The Balaban J connectivity index is 1.24. The lowest BCUT2D eigenvalue weighted by Gasteiger charge is -2.36. The van der Waals surface area contributed by atoms with Crippen molar-refractivity contribution in [2.45, 2.75) is 38.5 Å². The topological polar surface area (TPSA) is 21.1 Å². The van der Waals surface area contributed by atoms with E-state index in [-0.39, 0.29) is 10.8 Å². The van der Waals surface area contributed by atoms with Crippen molar-refractivity contribution in [3.05, 3.63) is 174 Å². The summed E-state index contributed by atoms with van der Waals surface area (Å²) in [6, 6.07) is 51.6. The number of rotatable bonds is 4. The summed E-state index contributed by atoms with van der Waals surface area (Å²) in [5.41, 5.74) is 17.2. The van der Waals surface area contributed by atoms with Gasteiger partial charge in [0, 0.05) is 44.9 Å². The number of anilines is 3. The van der Waals surface area contributed by atoms with E-state index in [1.807, 2.05) is 12.4 Å². The second kappa shape index (κ2) is 10.3. The van der Waals surface area contributed by atoms with Gasteiger partial charge in [-0.2, -0.15) is 0 Å². The molecule has 3 nitrogen and oxygen atoms in total. The monoisotopic (exact) mass is 643 g/mol. The molecule has 0 saturated carbocycles. The summed E-state index contributed by atoms with van der Waals surface area (Å²) in [6.45, 7) is 9.47. The molecule has 0 atom stereocenters. The summed E-state index contributed by atoms with van der Waals surface area (Å²) in [6.07, 6.45) is 3.95. The van der Waals surface area contributed by atoms with Gasteiger partial charge in [-0.05, 0) is 93.0 Å². The third-order valence-electron chi connectivity index (χ3n) is 11.5. The third-order valence-corrected chi connectivity index (χ3v) is 11.5. The maximum Gasteiger partial charge on any atom is 0.0724 e. The van der Waals surface area contributed by atoms with Gasteiger partial charge < -0.3 is 9.47 Å². The van der Waals surface area contributed by atoms with Crippen LogP contribution in [0.25, 0.3) is 49.7 Å². The number of hydrogen-bond donors (Lipinski definition) is 0. The Morgan fingerprint density at radius 2 is 1.14 bits per heavy atom. The van der Waals surface area contributed by atoms with E-state index >= 15 is 0 Å². The molecule has 8 aromatic rings. The van der Waals surface area contributed by atoms with Gasteiger partial charge in [-0.15, -0.1) is 0 Å². The largest absolute Gasteiger partial charge is 0.310 e. The molecule has 1 aliphatic carbocycles. The fourth-order valence-corrected chi connectivity index (χ4v) is 8.89. The van der Waals surface area contributed by atoms with Gasteiger partial charge in [0.05, 0.1) is 22.9 Å². The Hall–Kier alpha value is -5.93. The Kier molecular flexibility index (Phi) is 5.97. The first-order valence-corrected chi connectivity index (χ1v) is 17.5. The third kappa shape index (κ3) is 3.95. The first-order valence-electron chi connectivity index (χ1n) is 17.5. The van der Waals surface area contributed by atoms with E-state index in [1.165, 1.54) is 66.5 Å². The normalized spacial score (nSPS) is 14.7. The molecule has 0 saturated heterocycles. The van der Waals surface area contributed by atoms with Crippen LogP contribution in [0.5, 0.6) is 0 Å². The van der Waals surface area contributed by atoms with Gasteiger partial charge in [0.25, 0.3) is 0 Å². The fraction of sp³-hybridized carbons (Fsp3) is 0.128. The molecule has 0 amide bonds. The van der Waals surface area contributed by atoms with Gasteiger partial charge in [0.15, 0.2) is 0 Å².